The molecule has 2 rings (SSSR count). The molecule has 3 heteroatoms. The largest absolute Gasteiger partial charge is 0.459 e. The molecule has 0 amide bonds. The summed E-state index contributed by atoms with van der Waals surface area (Å²) in [6, 6.07) is 6.95. The molecule has 0 atom stereocenters. The quantitative estimate of drug-likeness (QED) is 0.702. The molecular formula is C11H11ClO2. The van der Waals surface area contributed by atoms with E-state index in [0.29, 0.717) is 10.6 Å². The van der Waals surface area contributed by atoms with Gasteiger partial charge in [0, 0.05) is 0 Å². The Balaban J connectivity index is 2.06. The molecule has 0 radical (unpaired) electrons. The van der Waals surface area contributed by atoms with Crippen molar-refractivity contribution >= 4 is 17.6 Å². The van der Waals surface area contributed by atoms with Crippen LogP contribution in [0, 0.1) is 0 Å². The summed E-state index contributed by atoms with van der Waals surface area (Å²) in [7, 11) is 0. The molecule has 0 saturated heterocycles. The second-order valence-corrected chi connectivity index (χ2v) is 3.85. The molecule has 14 heavy (non-hydrogen) atoms. The summed E-state index contributed by atoms with van der Waals surface area (Å²) in [5.74, 6) is -0.305. The monoisotopic (exact) mass is 210 g/mol. The summed E-state index contributed by atoms with van der Waals surface area (Å²) in [6.07, 6.45) is 3.23. The lowest BCUT2D eigenvalue weighted by molar-refractivity contribution is 0.00903. The van der Waals surface area contributed by atoms with E-state index in [4.69, 9.17) is 16.3 Å². The number of halogens is 1. The first-order valence-corrected chi connectivity index (χ1v) is 5.10. The van der Waals surface area contributed by atoms with Crippen LogP contribution < -0.4 is 0 Å². The number of hydrogen-bond donors (Lipinski definition) is 0. The van der Waals surface area contributed by atoms with Gasteiger partial charge in [-0.3, -0.25) is 0 Å². The third-order valence-electron chi connectivity index (χ3n) is 2.42. The van der Waals surface area contributed by atoms with Crippen molar-refractivity contribution in [3.8, 4) is 0 Å². The number of benzene rings is 1. The van der Waals surface area contributed by atoms with Gasteiger partial charge in [-0.05, 0) is 31.4 Å². The van der Waals surface area contributed by atoms with E-state index in [0.717, 1.165) is 19.3 Å². The second-order valence-electron chi connectivity index (χ2n) is 3.44. The molecule has 0 unspecified atom stereocenters. The molecule has 1 saturated carbocycles. The number of ether oxygens (including phenoxy) is 1. The zero-order valence-corrected chi connectivity index (χ0v) is 8.46. The van der Waals surface area contributed by atoms with E-state index >= 15 is 0 Å². The molecule has 0 aromatic heterocycles. The maximum Gasteiger partial charge on any atom is 0.339 e. The van der Waals surface area contributed by atoms with Crippen molar-refractivity contribution in [1.82, 2.24) is 0 Å². The van der Waals surface area contributed by atoms with Crippen molar-refractivity contribution in [1.29, 1.82) is 0 Å². The fourth-order valence-electron chi connectivity index (χ4n) is 1.33. The van der Waals surface area contributed by atoms with Gasteiger partial charge in [0.1, 0.15) is 6.10 Å². The SMILES string of the molecule is O=C(OC1CCC1)c1ccccc1Cl. The Kier molecular flexibility index (Phi) is 2.73. The summed E-state index contributed by atoms with van der Waals surface area (Å²) < 4.78 is 5.23. The number of hydrogen-bond acceptors (Lipinski definition) is 2. The van der Waals surface area contributed by atoms with E-state index in [1.165, 1.54) is 0 Å². The van der Waals surface area contributed by atoms with E-state index in [1.807, 2.05) is 0 Å². The van der Waals surface area contributed by atoms with Crippen LogP contribution in [0.2, 0.25) is 5.02 Å². The minimum atomic E-state index is -0.305. The molecule has 1 aliphatic carbocycles. The first-order valence-electron chi connectivity index (χ1n) is 4.73. The summed E-state index contributed by atoms with van der Waals surface area (Å²) in [5.41, 5.74) is 0.459. The zero-order chi connectivity index (χ0) is 9.97. The molecule has 1 fully saturated rings. The smallest absolute Gasteiger partial charge is 0.339 e. The molecule has 0 bridgehead atoms. The molecule has 0 heterocycles. The lowest BCUT2D eigenvalue weighted by Gasteiger charge is -2.25. The fraction of sp³-hybridized carbons (Fsp3) is 0.364. The second kappa shape index (κ2) is 4.01. The zero-order valence-electron chi connectivity index (χ0n) is 7.70. The average Bonchev–Trinajstić information content (AvgIpc) is 2.12. The van der Waals surface area contributed by atoms with Crippen LogP contribution in [0.15, 0.2) is 24.3 Å². The molecule has 2 nitrogen and oxygen atoms in total. The third-order valence-corrected chi connectivity index (χ3v) is 2.75. The number of rotatable bonds is 2. The number of carbonyl (C=O) groups excluding carboxylic acids is 1. The Hall–Kier alpha value is -1.02. The Labute approximate surface area is 87.8 Å². The molecule has 0 N–H and O–H groups in total. The standard InChI is InChI=1S/C11H11ClO2/c12-10-7-2-1-6-9(10)11(13)14-8-4-3-5-8/h1-2,6-8H,3-5H2. The number of carbonyl (C=O) groups is 1. The molecule has 1 aliphatic rings. The van der Waals surface area contributed by atoms with Gasteiger partial charge < -0.3 is 4.74 Å². The summed E-state index contributed by atoms with van der Waals surface area (Å²) in [4.78, 5) is 11.6. The number of esters is 1. The Morgan fingerprint density at radius 1 is 1.36 bits per heavy atom. The van der Waals surface area contributed by atoms with Crippen molar-refractivity contribution in [2.24, 2.45) is 0 Å². The van der Waals surface area contributed by atoms with Crippen molar-refractivity contribution in [2.75, 3.05) is 0 Å². The molecule has 1 aromatic rings. The highest BCUT2D eigenvalue weighted by atomic mass is 35.5. The lowest BCUT2D eigenvalue weighted by atomic mass is 9.96. The van der Waals surface area contributed by atoms with Gasteiger partial charge in [-0.25, -0.2) is 4.79 Å². The summed E-state index contributed by atoms with van der Waals surface area (Å²) in [5, 5.41) is 0.455. The predicted molar refractivity (Wildman–Crippen MR) is 54.5 cm³/mol. The van der Waals surface area contributed by atoms with Gasteiger partial charge in [0.2, 0.25) is 0 Å². The van der Waals surface area contributed by atoms with Gasteiger partial charge in [-0.2, -0.15) is 0 Å². The average molecular weight is 211 g/mol. The van der Waals surface area contributed by atoms with Gasteiger partial charge in [0.25, 0.3) is 0 Å². The highest BCUT2D eigenvalue weighted by Gasteiger charge is 2.23. The van der Waals surface area contributed by atoms with Crippen molar-refractivity contribution in [3.63, 3.8) is 0 Å². The summed E-state index contributed by atoms with van der Waals surface area (Å²) >= 11 is 5.86. The first-order chi connectivity index (χ1) is 6.77. The fourth-order valence-corrected chi connectivity index (χ4v) is 1.54. The van der Waals surface area contributed by atoms with Crippen LogP contribution in [0.1, 0.15) is 29.6 Å². The van der Waals surface area contributed by atoms with Gasteiger partial charge in [-0.15, -0.1) is 0 Å². The van der Waals surface area contributed by atoms with Crippen LogP contribution in [-0.2, 0) is 4.74 Å². The van der Waals surface area contributed by atoms with E-state index in [-0.39, 0.29) is 12.1 Å². The molecule has 74 valence electrons. The molecule has 0 aliphatic heterocycles. The topological polar surface area (TPSA) is 26.3 Å². The molecule has 1 aromatic carbocycles. The van der Waals surface area contributed by atoms with E-state index in [1.54, 1.807) is 24.3 Å². The van der Waals surface area contributed by atoms with Crippen LogP contribution in [0.3, 0.4) is 0 Å². The lowest BCUT2D eigenvalue weighted by Crippen LogP contribution is -2.25. The van der Waals surface area contributed by atoms with E-state index < -0.39 is 0 Å². The Morgan fingerprint density at radius 2 is 2.07 bits per heavy atom. The van der Waals surface area contributed by atoms with Gasteiger partial charge >= 0.3 is 5.97 Å². The van der Waals surface area contributed by atoms with Crippen LogP contribution >= 0.6 is 11.6 Å². The normalized spacial score (nSPS) is 16.1. The van der Waals surface area contributed by atoms with E-state index in [2.05, 4.69) is 0 Å². The van der Waals surface area contributed by atoms with Gasteiger partial charge in [0.15, 0.2) is 0 Å². The van der Waals surface area contributed by atoms with Crippen LogP contribution in [-0.4, -0.2) is 12.1 Å². The van der Waals surface area contributed by atoms with Crippen LogP contribution in [0.5, 0.6) is 0 Å². The minimum absolute atomic E-state index is 0.110. The van der Waals surface area contributed by atoms with Gasteiger partial charge in [0.05, 0.1) is 10.6 Å². The summed E-state index contributed by atoms with van der Waals surface area (Å²) in [6.45, 7) is 0. The highest BCUT2D eigenvalue weighted by molar-refractivity contribution is 6.33. The predicted octanol–water partition coefficient (Wildman–Crippen LogP) is 3.05. The first kappa shape index (κ1) is 9.53. The highest BCUT2D eigenvalue weighted by Crippen LogP contribution is 2.24. The van der Waals surface area contributed by atoms with Crippen molar-refractivity contribution in [3.05, 3.63) is 34.9 Å². The maximum atomic E-state index is 11.6. The molecular weight excluding hydrogens is 200 g/mol. The van der Waals surface area contributed by atoms with Crippen molar-refractivity contribution < 1.29 is 9.53 Å². The van der Waals surface area contributed by atoms with Gasteiger partial charge in [-0.1, -0.05) is 23.7 Å². The Morgan fingerprint density at radius 3 is 2.64 bits per heavy atom. The molecule has 0 spiro atoms. The van der Waals surface area contributed by atoms with Crippen LogP contribution in [0.25, 0.3) is 0 Å². The van der Waals surface area contributed by atoms with Crippen LogP contribution in [0.4, 0.5) is 0 Å². The minimum Gasteiger partial charge on any atom is -0.459 e. The maximum absolute atomic E-state index is 11.6. The van der Waals surface area contributed by atoms with E-state index in [9.17, 15) is 4.79 Å². The third kappa shape index (κ3) is 1.90. The van der Waals surface area contributed by atoms with Crippen molar-refractivity contribution in [2.45, 2.75) is 25.4 Å². The Bertz CT molecular complexity index is 345.